The highest BCUT2D eigenvalue weighted by Gasteiger charge is 2.19. The van der Waals surface area contributed by atoms with Gasteiger partial charge in [0.25, 0.3) is 0 Å². The minimum Gasteiger partial charge on any atom is -0.492 e. The molecular formula is C22H38N4O2. The van der Waals surface area contributed by atoms with Crippen molar-refractivity contribution in [3.8, 4) is 5.75 Å². The lowest BCUT2D eigenvalue weighted by Crippen LogP contribution is -2.49. The van der Waals surface area contributed by atoms with Gasteiger partial charge in [0, 0.05) is 39.8 Å². The summed E-state index contributed by atoms with van der Waals surface area (Å²) in [7, 11) is 3.58. The summed E-state index contributed by atoms with van der Waals surface area (Å²) in [6, 6.07) is 8.82. The summed E-state index contributed by atoms with van der Waals surface area (Å²) in [6.45, 7) is 12.0. The van der Waals surface area contributed by atoms with Crippen LogP contribution in [0, 0.1) is 0 Å². The monoisotopic (exact) mass is 390 g/mol. The maximum absolute atomic E-state index is 5.91. The molecule has 0 saturated carbocycles. The molecule has 1 fully saturated rings. The summed E-state index contributed by atoms with van der Waals surface area (Å²) >= 11 is 0. The van der Waals surface area contributed by atoms with E-state index in [1.165, 1.54) is 5.56 Å². The number of benzene rings is 1. The summed E-state index contributed by atoms with van der Waals surface area (Å²) in [5.41, 5.74) is 1.41. The number of aliphatic imine (C=N–C) groups is 1. The number of rotatable bonds is 8. The van der Waals surface area contributed by atoms with Crippen LogP contribution < -0.4 is 15.4 Å². The van der Waals surface area contributed by atoms with Gasteiger partial charge in [-0.25, -0.2) is 0 Å². The van der Waals surface area contributed by atoms with Gasteiger partial charge in [0.1, 0.15) is 12.4 Å². The maximum atomic E-state index is 5.91. The van der Waals surface area contributed by atoms with Gasteiger partial charge >= 0.3 is 0 Å². The Bertz CT molecular complexity index is 605. The van der Waals surface area contributed by atoms with Crippen molar-refractivity contribution in [2.45, 2.75) is 45.1 Å². The molecule has 1 aromatic rings. The Kier molecular flexibility index (Phi) is 9.06. The molecule has 0 aromatic heterocycles. The van der Waals surface area contributed by atoms with Crippen LogP contribution in [-0.2, 0) is 10.2 Å². The third-order valence-electron chi connectivity index (χ3n) is 5.13. The zero-order valence-corrected chi connectivity index (χ0v) is 18.3. The summed E-state index contributed by atoms with van der Waals surface area (Å²) in [6.07, 6.45) is 2.25. The Morgan fingerprint density at radius 1 is 1.21 bits per heavy atom. The van der Waals surface area contributed by atoms with E-state index in [1.54, 1.807) is 7.11 Å². The van der Waals surface area contributed by atoms with Crippen LogP contribution in [0.1, 0.15) is 39.2 Å². The molecule has 2 N–H and O–H groups in total. The molecule has 6 heteroatoms. The average Bonchev–Trinajstić information content (AvgIpc) is 2.69. The first-order chi connectivity index (χ1) is 13.4. The molecule has 158 valence electrons. The van der Waals surface area contributed by atoms with E-state index in [-0.39, 0.29) is 5.41 Å². The molecule has 0 atom stereocenters. The van der Waals surface area contributed by atoms with Crippen molar-refractivity contribution in [3.63, 3.8) is 0 Å². The third-order valence-corrected chi connectivity index (χ3v) is 5.13. The van der Waals surface area contributed by atoms with Gasteiger partial charge in [-0.2, -0.15) is 0 Å². The van der Waals surface area contributed by atoms with Crippen LogP contribution in [0.15, 0.2) is 29.3 Å². The molecule has 1 saturated heterocycles. The standard InChI is InChI=1S/C22H38N4O2/c1-22(2,3)18-7-6-8-20(17-18)28-15-11-24-21(23-4)25-19-9-12-26(13-10-19)14-16-27-5/h6-8,17,19H,9-16H2,1-5H3,(H2,23,24,25). The van der Waals surface area contributed by atoms with Crippen LogP contribution in [-0.4, -0.2) is 70.5 Å². The first-order valence-electron chi connectivity index (χ1n) is 10.3. The van der Waals surface area contributed by atoms with Gasteiger partial charge in [0.05, 0.1) is 13.2 Å². The molecule has 2 rings (SSSR count). The quantitative estimate of drug-likeness (QED) is 0.406. The zero-order valence-electron chi connectivity index (χ0n) is 18.3. The highest BCUT2D eigenvalue weighted by Crippen LogP contribution is 2.25. The summed E-state index contributed by atoms with van der Waals surface area (Å²) in [5, 5.41) is 6.89. The highest BCUT2D eigenvalue weighted by atomic mass is 16.5. The van der Waals surface area contributed by atoms with Crippen LogP contribution in [0.25, 0.3) is 0 Å². The predicted molar refractivity (Wildman–Crippen MR) is 116 cm³/mol. The van der Waals surface area contributed by atoms with Crippen molar-refractivity contribution >= 4 is 5.96 Å². The van der Waals surface area contributed by atoms with Gasteiger partial charge in [-0.15, -0.1) is 0 Å². The van der Waals surface area contributed by atoms with Crippen molar-refractivity contribution in [2.24, 2.45) is 4.99 Å². The molecule has 0 unspecified atom stereocenters. The fourth-order valence-corrected chi connectivity index (χ4v) is 3.30. The van der Waals surface area contributed by atoms with Crippen molar-refractivity contribution in [3.05, 3.63) is 29.8 Å². The van der Waals surface area contributed by atoms with Crippen LogP contribution in [0.4, 0.5) is 0 Å². The van der Waals surface area contributed by atoms with Crippen molar-refractivity contribution in [1.29, 1.82) is 0 Å². The highest BCUT2D eigenvalue weighted by molar-refractivity contribution is 5.79. The number of nitrogens with zero attached hydrogens (tertiary/aromatic N) is 2. The lowest BCUT2D eigenvalue weighted by Gasteiger charge is -2.32. The van der Waals surface area contributed by atoms with Gasteiger partial charge < -0.3 is 25.0 Å². The number of guanidine groups is 1. The van der Waals surface area contributed by atoms with Gasteiger partial charge in [-0.05, 0) is 36.0 Å². The Morgan fingerprint density at radius 3 is 2.61 bits per heavy atom. The molecule has 0 aliphatic carbocycles. The molecule has 1 aliphatic heterocycles. The van der Waals surface area contributed by atoms with Crippen LogP contribution >= 0.6 is 0 Å². The smallest absolute Gasteiger partial charge is 0.191 e. The molecule has 0 amide bonds. The lowest BCUT2D eigenvalue weighted by molar-refractivity contribution is 0.128. The number of hydrogen-bond donors (Lipinski definition) is 2. The molecule has 1 aromatic carbocycles. The number of likely N-dealkylation sites (tertiary alicyclic amines) is 1. The first kappa shape index (κ1) is 22.5. The molecule has 1 heterocycles. The largest absolute Gasteiger partial charge is 0.492 e. The van der Waals surface area contributed by atoms with Crippen LogP contribution in [0.5, 0.6) is 5.75 Å². The Morgan fingerprint density at radius 2 is 1.96 bits per heavy atom. The molecular weight excluding hydrogens is 352 g/mol. The van der Waals surface area contributed by atoms with E-state index in [0.717, 1.165) is 50.8 Å². The maximum Gasteiger partial charge on any atom is 0.191 e. The van der Waals surface area contributed by atoms with Gasteiger partial charge in [-0.3, -0.25) is 4.99 Å². The molecule has 0 bridgehead atoms. The van der Waals surface area contributed by atoms with Crippen LogP contribution in [0.3, 0.4) is 0 Å². The fourth-order valence-electron chi connectivity index (χ4n) is 3.30. The Balaban J connectivity index is 1.68. The summed E-state index contributed by atoms with van der Waals surface area (Å²) in [4.78, 5) is 6.80. The topological polar surface area (TPSA) is 58.1 Å². The molecule has 28 heavy (non-hydrogen) atoms. The van der Waals surface area contributed by atoms with E-state index in [9.17, 15) is 0 Å². The second-order valence-corrected chi connectivity index (χ2v) is 8.38. The zero-order chi connectivity index (χ0) is 20.4. The van der Waals surface area contributed by atoms with Crippen molar-refractivity contribution in [1.82, 2.24) is 15.5 Å². The van der Waals surface area contributed by atoms with Gasteiger partial charge in [0.2, 0.25) is 0 Å². The van der Waals surface area contributed by atoms with E-state index in [4.69, 9.17) is 9.47 Å². The molecule has 0 spiro atoms. The first-order valence-corrected chi connectivity index (χ1v) is 10.3. The van der Waals surface area contributed by atoms with E-state index in [0.29, 0.717) is 19.2 Å². The molecule has 6 nitrogen and oxygen atoms in total. The van der Waals surface area contributed by atoms with E-state index in [1.807, 2.05) is 13.1 Å². The normalized spacial score (nSPS) is 16.8. The fraction of sp³-hybridized carbons (Fsp3) is 0.682. The predicted octanol–water partition coefficient (Wildman–Crippen LogP) is 2.64. The van der Waals surface area contributed by atoms with E-state index in [2.05, 4.69) is 59.5 Å². The minimum atomic E-state index is 0.128. The van der Waals surface area contributed by atoms with Gasteiger partial charge in [-0.1, -0.05) is 32.9 Å². The average molecular weight is 391 g/mol. The van der Waals surface area contributed by atoms with Crippen LogP contribution in [0.2, 0.25) is 0 Å². The third kappa shape index (κ3) is 7.68. The lowest BCUT2D eigenvalue weighted by atomic mass is 9.87. The summed E-state index contributed by atoms with van der Waals surface area (Å²) < 4.78 is 11.1. The molecule has 0 radical (unpaired) electrons. The molecule has 1 aliphatic rings. The SMILES string of the molecule is CN=C(NCCOc1cccc(C(C)(C)C)c1)NC1CCN(CCOC)CC1. The number of ether oxygens (including phenoxy) is 2. The number of methoxy groups -OCH3 is 1. The minimum absolute atomic E-state index is 0.128. The number of hydrogen-bond acceptors (Lipinski definition) is 4. The number of nitrogens with one attached hydrogen (secondary N) is 2. The van der Waals surface area contributed by atoms with Gasteiger partial charge in [0.15, 0.2) is 5.96 Å². The van der Waals surface area contributed by atoms with E-state index < -0.39 is 0 Å². The Labute approximate surface area is 170 Å². The van der Waals surface area contributed by atoms with E-state index >= 15 is 0 Å². The second-order valence-electron chi connectivity index (χ2n) is 8.38. The number of piperidine rings is 1. The Hall–Kier alpha value is -1.79. The van der Waals surface area contributed by atoms with Crippen molar-refractivity contribution < 1.29 is 9.47 Å². The summed E-state index contributed by atoms with van der Waals surface area (Å²) in [5.74, 6) is 1.77. The second kappa shape index (κ2) is 11.3. The van der Waals surface area contributed by atoms with Crippen molar-refractivity contribution in [2.75, 3.05) is 53.6 Å².